The van der Waals surface area contributed by atoms with Crippen LogP contribution in [-0.2, 0) is 0 Å². The van der Waals surface area contributed by atoms with Crippen molar-refractivity contribution in [2.45, 2.75) is 0 Å². The normalized spacial score (nSPS) is 13.2. The molecule has 0 spiro atoms. The molecule has 2 aromatic rings. The van der Waals surface area contributed by atoms with Crippen LogP contribution in [0.3, 0.4) is 0 Å². The first-order valence-electron chi connectivity index (χ1n) is 5.41. The van der Waals surface area contributed by atoms with E-state index in [1.54, 1.807) is 0 Å². The summed E-state index contributed by atoms with van der Waals surface area (Å²) in [5.41, 5.74) is 4.14. The van der Waals surface area contributed by atoms with Crippen LogP contribution in [0.25, 0.3) is 5.57 Å². The van der Waals surface area contributed by atoms with Gasteiger partial charge in [-0.15, -0.1) is 0 Å². The first kappa shape index (κ1) is 11.9. The second-order valence-electron chi connectivity index (χ2n) is 4.19. The van der Waals surface area contributed by atoms with Crippen molar-refractivity contribution in [1.29, 1.82) is 0 Å². The quantitative estimate of drug-likeness (QED) is 0.559. The van der Waals surface area contributed by atoms with E-state index in [1.165, 1.54) is 0 Å². The monoisotopic (exact) mass is 362 g/mol. The summed E-state index contributed by atoms with van der Waals surface area (Å²) in [6.45, 7) is 4.11. The number of carbonyl (C=O) groups is 1. The molecule has 1 nitrogen and oxygen atoms in total. The molecule has 0 aromatic heterocycles. The summed E-state index contributed by atoms with van der Waals surface area (Å²) in [5.74, 6) is 0.0567. The second-order valence-corrected chi connectivity index (χ2v) is 6.02. The highest BCUT2D eigenvalue weighted by Gasteiger charge is 2.25. The molecule has 88 valence electrons. The number of halogens is 2. The third-order valence-electron chi connectivity index (χ3n) is 3.10. The maximum Gasteiger partial charge on any atom is 0.194 e. The predicted octanol–water partition coefficient (Wildman–Crippen LogP) is 4.82. The lowest BCUT2D eigenvalue weighted by molar-refractivity contribution is 0.103. The van der Waals surface area contributed by atoms with Gasteiger partial charge < -0.3 is 0 Å². The van der Waals surface area contributed by atoms with Crippen LogP contribution in [0, 0.1) is 0 Å². The fraction of sp³-hybridized carbons (Fsp3) is 0. The highest BCUT2D eigenvalue weighted by Crippen LogP contribution is 2.37. The summed E-state index contributed by atoms with van der Waals surface area (Å²) in [7, 11) is 0. The van der Waals surface area contributed by atoms with Gasteiger partial charge in [0, 0.05) is 20.1 Å². The van der Waals surface area contributed by atoms with Gasteiger partial charge in [-0.3, -0.25) is 4.79 Å². The minimum atomic E-state index is 0.0567. The summed E-state index contributed by atoms with van der Waals surface area (Å²) in [4.78, 5) is 12.4. The standard InChI is InChI=1S/C15H8Br2O/c1-8-11-4-2-10(17)7-14(11)15(18)12-5-3-9(16)6-13(8)12/h2-7H,1H2. The molecule has 0 fully saturated rings. The van der Waals surface area contributed by atoms with E-state index in [9.17, 15) is 4.79 Å². The molecule has 0 heterocycles. The van der Waals surface area contributed by atoms with Crippen molar-refractivity contribution in [2.75, 3.05) is 0 Å². The van der Waals surface area contributed by atoms with Crippen molar-refractivity contribution in [3.05, 3.63) is 74.2 Å². The van der Waals surface area contributed by atoms with Crippen molar-refractivity contribution in [1.82, 2.24) is 0 Å². The van der Waals surface area contributed by atoms with Crippen LogP contribution < -0.4 is 0 Å². The number of hydrogen-bond acceptors (Lipinski definition) is 1. The molecular formula is C15H8Br2O. The molecule has 0 aliphatic heterocycles. The molecule has 0 saturated carbocycles. The summed E-state index contributed by atoms with van der Waals surface area (Å²) in [6.07, 6.45) is 0. The van der Waals surface area contributed by atoms with Crippen LogP contribution in [0.4, 0.5) is 0 Å². The number of hydrogen-bond donors (Lipinski definition) is 0. The number of carbonyl (C=O) groups excluding carboxylic acids is 1. The Kier molecular flexibility index (Phi) is 2.76. The van der Waals surface area contributed by atoms with Gasteiger partial charge in [0.15, 0.2) is 5.78 Å². The number of rotatable bonds is 0. The Labute approximate surface area is 122 Å². The lowest BCUT2D eigenvalue weighted by Gasteiger charge is -2.21. The fourth-order valence-electron chi connectivity index (χ4n) is 2.22. The average Bonchev–Trinajstić information content (AvgIpc) is 2.36. The zero-order valence-electron chi connectivity index (χ0n) is 9.34. The minimum Gasteiger partial charge on any atom is -0.289 e. The van der Waals surface area contributed by atoms with Gasteiger partial charge in [-0.25, -0.2) is 0 Å². The molecule has 0 radical (unpaired) electrons. The molecule has 2 aromatic carbocycles. The van der Waals surface area contributed by atoms with Gasteiger partial charge >= 0.3 is 0 Å². The van der Waals surface area contributed by atoms with Crippen LogP contribution in [0.2, 0.25) is 0 Å². The molecular weight excluding hydrogens is 356 g/mol. The molecule has 0 atom stereocenters. The Bertz CT molecular complexity index is 640. The molecule has 0 unspecified atom stereocenters. The molecule has 3 rings (SSSR count). The Balaban J connectivity index is 2.31. The fourth-order valence-corrected chi connectivity index (χ4v) is 2.94. The third kappa shape index (κ3) is 1.70. The molecule has 0 bridgehead atoms. The lowest BCUT2D eigenvalue weighted by Crippen LogP contribution is -2.13. The summed E-state index contributed by atoms with van der Waals surface area (Å²) in [5, 5.41) is 0. The highest BCUT2D eigenvalue weighted by atomic mass is 79.9. The number of benzene rings is 2. The maximum absolute atomic E-state index is 12.4. The van der Waals surface area contributed by atoms with Crippen molar-refractivity contribution in [2.24, 2.45) is 0 Å². The Morgan fingerprint density at radius 2 is 1.33 bits per heavy atom. The van der Waals surface area contributed by atoms with E-state index in [0.717, 1.165) is 25.6 Å². The van der Waals surface area contributed by atoms with Gasteiger partial charge in [-0.2, -0.15) is 0 Å². The Morgan fingerprint density at radius 3 is 2.00 bits per heavy atom. The van der Waals surface area contributed by atoms with Crippen LogP contribution in [0.15, 0.2) is 51.9 Å². The largest absolute Gasteiger partial charge is 0.289 e. The molecule has 18 heavy (non-hydrogen) atoms. The molecule has 3 heteroatoms. The van der Waals surface area contributed by atoms with E-state index >= 15 is 0 Å². The van der Waals surface area contributed by atoms with Crippen molar-refractivity contribution in [3.8, 4) is 0 Å². The highest BCUT2D eigenvalue weighted by molar-refractivity contribution is 9.10. The van der Waals surface area contributed by atoms with Gasteiger partial charge in [0.05, 0.1) is 0 Å². The third-order valence-corrected chi connectivity index (χ3v) is 4.09. The first-order valence-corrected chi connectivity index (χ1v) is 7.00. The molecule has 1 aliphatic rings. The van der Waals surface area contributed by atoms with Gasteiger partial charge in [-0.1, -0.05) is 44.5 Å². The van der Waals surface area contributed by atoms with Crippen LogP contribution in [0.5, 0.6) is 0 Å². The molecule has 0 amide bonds. The SMILES string of the molecule is C=C1c2cc(Br)ccc2C(=O)c2cc(Br)ccc21. The van der Waals surface area contributed by atoms with Gasteiger partial charge in [0.2, 0.25) is 0 Å². The zero-order chi connectivity index (χ0) is 12.9. The predicted molar refractivity (Wildman–Crippen MR) is 79.9 cm³/mol. The molecule has 1 aliphatic carbocycles. The van der Waals surface area contributed by atoms with E-state index < -0.39 is 0 Å². The Morgan fingerprint density at radius 1 is 0.778 bits per heavy atom. The van der Waals surface area contributed by atoms with Crippen molar-refractivity contribution in [3.63, 3.8) is 0 Å². The minimum absolute atomic E-state index is 0.0567. The van der Waals surface area contributed by atoms with Gasteiger partial charge in [0.25, 0.3) is 0 Å². The number of fused-ring (bicyclic) bond motifs is 2. The number of ketones is 1. The van der Waals surface area contributed by atoms with Gasteiger partial charge in [-0.05, 0) is 47.0 Å². The van der Waals surface area contributed by atoms with Crippen LogP contribution in [-0.4, -0.2) is 5.78 Å². The maximum atomic E-state index is 12.4. The van der Waals surface area contributed by atoms with Crippen molar-refractivity contribution < 1.29 is 4.79 Å². The molecule has 0 saturated heterocycles. The first-order chi connectivity index (χ1) is 8.58. The second kappa shape index (κ2) is 4.18. The zero-order valence-corrected chi connectivity index (χ0v) is 12.5. The summed E-state index contributed by atoms with van der Waals surface area (Å²) in [6, 6.07) is 11.4. The Hall–Kier alpha value is -1.19. The smallest absolute Gasteiger partial charge is 0.194 e. The van der Waals surface area contributed by atoms with Crippen LogP contribution in [0.1, 0.15) is 27.0 Å². The van der Waals surface area contributed by atoms with Crippen LogP contribution >= 0.6 is 31.9 Å². The molecule has 0 N–H and O–H groups in total. The lowest BCUT2D eigenvalue weighted by atomic mass is 9.82. The average molecular weight is 364 g/mol. The van der Waals surface area contributed by atoms with Crippen molar-refractivity contribution >= 4 is 43.2 Å². The van der Waals surface area contributed by atoms with Gasteiger partial charge in [0.1, 0.15) is 0 Å². The van der Waals surface area contributed by atoms with E-state index in [1.807, 2.05) is 36.4 Å². The van der Waals surface area contributed by atoms with E-state index in [-0.39, 0.29) is 5.78 Å². The summed E-state index contributed by atoms with van der Waals surface area (Å²) >= 11 is 6.83. The topological polar surface area (TPSA) is 17.1 Å². The van der Waals surface area contributed by atoms with E-state index in [0.29, 0.717) is 11.1 Å². The summed E-state index contributed by atoms with van der Waals surface area (Å²) < 4.78 is 1.86. The van der Waals surface area contributed by atoms with E-state index in [2.05, 4.69) is 38.4 Å². The van der Waals surface area contributed by atoms with E-state index in [4.69, 9.17) is 0 Å².